The number of hydrogen-bond acceptors (Lipinski definition) is 4. The molecule has 4 saturated carbocycles. The van der Waals surface area contributed by atoms with Crippen LogP contribution in [0.3, 0.4) is 0 Å². The van der Waals surface area contributed by atoms with Gasteiger partial charge >= 0.3 is 0 Å². The summed E-state index contributed by atoms with van der Waals surface area (Å²) in [4.78, 5) is 13.7. The van der Waals surface area contributed by atoms with Gasteiger partial charge in [-0.15, -0.1) is 0 Å². The smallest absolute Gasteiger partial charge is 0.231 e. The van der Waals surface area contributed by atoms with Gasteiger partial charge in [-0.25, -0.2) is 4.68 Å². The summed E-state index contributed by atoms with van der Waals surface area (Å²) >= 11 is 0. The van der Waals surface area contributed by atoms with Crippen LogP contribution in [0, 0.1) is 23.2 Å². The van der Waals surface area contributed by atoms with Gasteiger partial charge in [-0.05, 0) is 80.5 Å². The van der Waals surface area contributed by atoms with Crippen LogP contribution in [0.1, 0.15) is 49.8 Å². The van der Waals surface area contributed by atoms with Crippen LogP contribution in [0.15, 0.2) is 24.3 Å². The lowest BCUT2D eigenvalue weighted by Gasteiger charge is -2.55. The number of anilines is 1. The van der Waals surface area contributed by atoms with Crippen molar-refractivity contribution in [3.63, 3.8) is 0 Å². The van der Waals surface area contributed by atoms with Gasteiger partial charge in [0.15, 0.2) is 0 Å². The van der Waals surface area contributed by atoms with Gasteiger partial charge in [0.05, 0.1) is 35.4 Å². The maximum atomic E-state index is 13.7. The van der Waals surface area contributed by atoms with Crippen LogP contribution in [-0.2, 0) is 27.1 Å². The monoisotopic (exact) mass is 425 g/mol. The van der Waals surface area contributed by atoms with Gasteiger partial charge in [-0.1, -0.05) is 0 Å². The third-order valence-electron chi connectivity index (χ3n) is 7.74. The van der Waals surface area contributed by atoms with E-state index in [0.717, 1.165) is 42.0 Å². The van der Waals surface area contributed by atoms with Crippen molar-refractivity contribution < 1.29 is 13.7 Å². The van der Waals surface area contributed by atoms with E-state index in [2.05, 4.69) is 5.32 Å². The zero-order chi connectivity index (χ0) is 20.5. The average Bonchev–Trinajstić information content (AvgIpc) is 3.24. The second-order valence-corrected chi connectivity index (χ2v) is 11.2. The molecule has 0 unspecified atom stereocenters. The minimum absolute atomic E-state index is 0.150. The fourth-order valence-corrected chi connectivity index (χ4v) is 8.06. The Bertz CT molecular complexity index is 1010. The first-order chi connectivity index (χ1) is 14.5. The first-order valence-corrected chi connectivity index (χ1v) is 12.4. The molecule has 1 N–H and O–H groups in total. The summed E-state index contributed by atoms with van der Waals surface area (Å²) in [5, 5.41) is 8.03. The quantitative estimate of drug-likeness (QED) is 0.809. The maximum absolute atomic E-state index is 13.7. The lowest BCUT2D eigenvalue weighted by Crippen LogP contribution is -2.52. The summed E-state index contributed by atoms with van der Waals surface area (Å²) in [6.45, 7) is 0. The number of aromatic nitrogens is 2. The Morgan fingerprint density at radius 1 is 1.10 bits per heavy atom. The molecule has 1 amide bonds. The molecule has 7 rings (SSSR count). The van der Waals surface area contributed by atoms with Crippen LogP contribution in [0.5, 0.6) is 5.75 Å². The minimum Gasteiger partial charge on any atom is -0.497 e. The average molecular weight is 426 g/mol. The Kier molecular flexibility index (Phi) is 4.14. The number of hydrogen-bond donors (Lipinski definition) is 1. The van der Waals surface area contributed by atoms with Crippen molar-refractivity contribution in [1.82, 2.24) is 9.78 Å². The molecule has 2 heterocycles. The van der Waals surface area contributed by atoms with Crippen molar-refractivity contribution in [3.05, 3.63) is 35.5 Å². The van der Waals surface area contributed by atoms with Gasteiger partial charge in [0.1, 0.15) is 11.6 Å². The number of benzene rings is 1. The van der Waals surface area contributed by atoms with E-state index in [1.165, 1.54) is 19.3 Å². The largest absolute Gasteiger partial charge is 0.497 e. The van der Waals surface area contributed by atoms with Crippen molar-refractivity contribution >= 4 is 22.5 Å². The Hall–Kier alpha value is -2.15. The van der Waals surface area contributed by atoms with Gasteiger partial charge in [-0.3, -0.25) is 9.00 Å². The standard InChI is InChI=1S/C23H27N3O3S/c1-29-18-4-2-17(3-5-18)26-21(19-12-30(28)13-20(19)25-26)24-22(27)23-9-14-6-15(10-23)8-16(7-14)11-23/h2-5,14-16H,6-13H2,1H3,(H,24,27)/t14?,15?,16?,23?,30-/m0/s1. The van der Waals surface area contributed by atoms with E-state index in [1.807, 2.05) is 28.9 Å². The topological polar surface area (TPSA) is 73.2 Å². The van der Waals surface area contributed by atoms with Gasteiger partial charge in [0.25, 0.3) is 0 Å². The van der Waals surface area contributed by atoms with E-state index in [1.54, 1.807) is 7.11 Å². The summed E-state index contributed by atoms with van der Waals surface area (Å²) < 4.78 is 19.3. The molecule has 30 heavy (non-hydrogen) atoms. The third kappa shape index (κ3) is 2.85. The highest BCUT2D eigenvalue weighted by Gasteiger charge is 2.54. The molecule has 1 aromatic carbocycles. The molecule has 1 aromatic heterocycles. The van der Waals surface area contributed by atoms with Crippen LogP contribution in [0.4, 0.5) is 5.82 Å². The molecule has 6 nitrogen and oxygen atoms in total. The Morgan fingerprint density at radius 3 is 2.33 bits per heavy atom. The molecular formula is C23H27N3O3S. The number of ether oxygens (including phenoxy) is 1. The van der Waals surface area contributed by atoms with Crippen LogP contribution < -0.4 is 10.1 Å². The fourth-order valence-electron chi connectivity index (χ4n) is 6.80. The molecule has 4 aliphatic carbocycles. The lowest BCUT2D eigenvalue weighted by atomic mass is 9.49. The Morgan fingerprint density at radius 2 is 1.73 bits per heavy atom. The number of nitrogens with zero attached hydrogens (tertiary/aromatic N) is 2. The molecule has 1 atom stereocenters. The van der Waals surface area contributed by atoms with Crippen LogP contribution in [0.2, 0.25) is 0 Å². The summed E-state index contributed by atoms with van der Waals surface area (Å²) in [5.74, 6) is 4.70. The van der Waals surface area contributed by atoms with Crippen molar-refractivity contribution in [2.24, 2.45) is 23.2 Å². The highest BCUT2D eigenvalue weighted by atomic mass is 32.2. The highest BCUT2D eigenvalue weighted by molar-refractivity contribution is 7.83. The molecule has 158 valence electrons. The van der Waals surface area contributed by atoms with E-state index in [9.17, 15) is 9.00 Å². The van der Waals surface area contributed by atoms with Crippen molar-refractivity contribution in [2.45, 2.75) is 50.0 Å². The molecule has 0 saturated heterocycles. The first-order valence-electron chi connectivity index (χ1n) is 10.9. The number of amides is 1. The summed E-state index contributed by atoms with van der Waals surface area (Å²) in [6.07, 6.45) is 7.00. The van der Waals surface area contributed by atoms with Gasteiger partial charge in [0.2, 0.25) is 5.91 Å². The molecule has 7 heteroatoms. The maximum Gasteiger partial charge on any atom is 0.231 e. The van der Waals surface area contributed by atoms with E-state index in [4.69, 9.17) is 9.84 Å². The molecular weight excluding hydrogens is 398 g/mol. The zero-order valence-electron chi connectivity index (χ0n) is 17.2. The predicted octanol–water partition coefficient (Wildman–Crippen LogP) is 3.80. The molecule has 5 aliphatic rings. The first kappa shape index (κ1) is 18.6. The summed E-state index contributed by atoms with van der Waals surface area (Å²) in [7, 11) is 0.702. The van der Waals surface area contributed by atoms with Gasteiger partial charge < -0.3 is 10.1 Å². The summed E-state index contributed by atoms with van der Waals surface area (Å²) in [6, 6.07) is 7.67. The SMILES string of the molecule is COc1ccc(-n2nc3c(c2NC(=O)C24CC5CC(CC(C5)C2)C4)C[S@](=O)C3)cc1. The third-order valence-corrected chi connectivity index (χ3v) is 8.94. The normalized spacial score (nSPS) is 33.5. The summed E-state index contributed by atoms with van der Waals surface area (Å²) in [5.41, 5.74) is 2.41. The van der Waals surface area contributed by atoms with E-state index in [0.29, 0.717) is 35.1 Å². The number of fused-ring (bicyclic) bond motifs is 1. The minimum atomic E-state index is -0.940. The molecule has 4 bridgehead atoms. The van der Waals surface area contributed by atoms with Crippen molar-refractivity contribution in [2.75, 3.05) is 12.4 Å². The van der Waals surface area contributed by atoms with Gasteiger partial charge in [0, 0.05) is 16.4 Å². The number of carbonyl (C=O) groups is 1. The van der Waals surface area contributed by atoms with E-state index >= 15 is 0 Å². The molecule has 0 spiro atoms. The number of nitrogens with one attached hydrogen (secondary N) is 1. The number of rotatable bonds is 4. The second-order valence-electron chi connectivity index (χ2n) is 9.76. The molecule has 2 aromatic rings. The highest BCUT2D eigenvalue weighted by Crippen LogP contribution is 2.60. The van der Waals surface area contributed by atoms with E-state index < -0.39 is 10.8 Å². The number of methoxy groups -OCH3 is 1. The van der Waals surface area contributed by atoms with Crippen molar-refractivity contribution in [1.29, 1.82) is 0 Å². The van der Waals surface area contributed by atoms with Crippen LogP contribution in [0.25, 0.3) is 5.69 Å². The Labute approximate surface area is 178 Å². The number of carbonyl (C=O) groups excluding carboxylic acids is 1. The Balaban J connectivity index is 1.36. The molecule has 1 aliphatic heterocycles. The lowest BCUT2D eigenvalue weighted by molar-refractivity contribution is -0.140. The second kappa shape index (κ2) is 6.67. The van der Waals surface area contributed by atoms with E-state index in [-0.39, 0.29) is 11.3 Å². The fraction of sp³-hybridized carbons (Fsp3) is 0.565. The van der Waals surface area contributed by atoms with Crippen LogP contribution >= 0.6 is 0 Å². The zero-order valence-corrected chi connectivity index (χ0v) is 18.0. The van der Waals surface area contributed by atoms with Crippen molar-refractivity contribution in [3.8, 4) is 11.4 Å². The van der Waals surface area contributed by atoms with Gasteiger partial charge in [-0.2, -0.15) is 5.10 Å². The molecule has 0 radical (unpaired) electrons. The van der Waals surface area contributed by atoms with Crippen LogP contribution in [-0.4, -0.2) is 27.0 Å². The predicted molar refractivity (Wildman–Crippen MR) is 115 cm³/mol. The molecule has 4 fully saturated rings.